The zero-order valence-corrected chi connectivity index (χ0v) is 11.9. The van der Waals surface area contributed by atoms with E-state index in [2.05, 4.69) is 0 Å². The molecule has 0 saturated heterocycles. The van der Waals surface area contributed by atoms with Crippen molar-refractivity contribution in [3.63, 3.8) is 0 Å². The van der Waals surface area contributed by atoms with E-state index >= 15 is 0 Å². The van der Waals surface area contributed by atoms with E-state index in [1.165, 1.54) is 20.3 Å². The van der Waals surface area contributed by atoms with Crippen LogP contribution in [0, 0.1) is 5.82 Å². The Morgan fingerprint density at radius 1 is 0.905 bits per heavy atom. The first-order chi connectivity index (χ1) is 10.2. The summed E-state index contributed by atoms with van der Waals surface area (Å²) in [6.45, 7) is 0.135. The van der Waals surface area contributed by atoms with Crippen LogP contribution in [0.1, 0.15) is 11.1 Å². The predicted molar refractivity (Wildman–Crippen MR) is 76.2 cm³/mol. The van der Waals surface area contributed by atoms with Crippen LogP contribution in [-0.2, 0) is 13.2 Å². The topological polar surface area (TPSA) is 47.9 Å². The molecule has 0 unspecified atom stereocenters. The van der Waals surface area contributed by atoms with Gasteiger partial charge in [0.05, 0.1) is 20.8 Å². The molecule has 0 saturated carbocycles. The van der Waals surface area contributed by atoms with Gasteiger partial charge in [0.2, 0.25) is 0 Å². The minimum atomic E-state index is -0.429. The van der Waals surface area contributed by atoms with Crippen molar-refractivity contribution in [2.45, 2.75) is 13.2 Å². The van der Waals surface area contributed by atoms with Crippen LogP contribution in [0.5, 0.6) is 17.2 Å². The van der Waals surface area contributed by atoms with E-state index in [1.54, 1.807) is 30.3 Å². The number of methoxy groups -OCH3 is 2. The van der Waals surface area contributed by atoms with E-state index in [9.17, 15) is 4.39 Å². The molecule has 1 N–H and O–H groups in total. The van der Waals surface area contributed by atoms with Crippen LogP contribution in [-0.4, -0.2) is 19.3 Å². The molecule has 0 fully saturated rings. The number of benzene rings is 2. The zero-order valence-electron chi connectivity index (χ0n) is 11.9. The Morgan fingerprint density at radius 3 is 2.19 bits per heavy atom. The average Bonchev–Trinajstić information content (AvgIpc) is 2.52. The average molecular weight is 292 g/mol. The number of hydrogen-bond donors (Lipinski definition) is 1. The molecule has 0 amide bonds. The molecule has 0 aliphatic heterocycles. The molecule has 21 heavy (non-hydrogen) atoms. The fourth-order valence-electron chi connectivity index (χ4n) is 1.89. The highest BCUT2D eigenvalue weighted by molar-refractivity contribution is 5.43. The van der Waals surface area contributed by atoms with E-state index < -0.39 is 5.82 Å². The van der Waals surface area contributed by atoms with Crippen LogP contribution in [0.25, 0.3) is 0 Å². The SMILES string of the molecule is COc1ccc(COc2ccc(CO)cc2OC)cc1F. The molecule has 0 spiro atoms. The third-order valence-corrected chi connectivity index (χ3v) is 3.02. The molecule has 4 nitrogen and oxygen atoms in total. The highest BCUT2D eigenvalue weighted by atomic mass is 19.1. The Hall–Kier alpha value is -2.27. The Kier molecular flexibility index (Phi) is 5.00. The van der Waals surface area contributed by atoms with Crippen LogP contribution >= 0.6 is 0 Å². The molecule has 0 atom stereocenters. The monoisotopic (exact) mass is 292 g/mol. The van der Waals surface area contributed by atoms with Gasteiger partial charge in [-0.2, -0.15) is 0 Å². The molecular weight excluding hydrogens is 275 g/mol. The molecule has 0 aliphatic rings. The lowest BCUT2D eigenvalue weighted by Gasteiger charge is -2.12. The van der Waals surface area contributed by atoms with E-state index in [-0.39, 0.29) is 19.0 Å². The first-order valence-corrected chi connectivity index (χ1v) is 6.41. The van der Waals surface area contributed by atoms with Crippen LogP contribution in [0.15, 0.2) is 36.4 Å². The number of ether oxygens (including phenoxy) is 3. The van der Waals surface area contributed by atoms with Crippen LogP contribution in [0.2, 0.25) is 0 Å². The third kappa shape index (κ3) is 3.64. The number of aliphatic hydroxyl groups excluding tert-OH is 1. The summed E-state index contributed by atoms with van der Waals surface area (Å²) in [6.07, 6.45) is 0. The molecule has 2 aromatic rings. The summed E-state index contributed by atoms with van der Waals surface area (Å²) < 4.78 is 29.3. The summed E-state index contributed by atoms with van der Waals surface area (Å²) in [4.78, 5) is 0. The second-order valence-corrected chi connectivity index (χ2v) is 4.40. The maximum Gasteiger partial charge on any atom is 0.165 e. The Bertz CT molecular complexity index is 613. The van der Waals surface area contributed by atoms with E-state index in [4.69, 9.17) is 19.3 Å². The van der Waals surface area contributed by atoms with Crippen molar-refractivity contribution in [2.75, 3.05) is 14.2 Å². The normalized spacial score (nSPS) is 10.3. The molecule has 5 heteroatoms. The number of rotatable bonds is 6. The fourth-order valence-corrected chi connectivity index (χ4v) is 1.89. The lowest BCUT2D eigenvalue weighted by atomic mass is 10.2. The van der Waals surface area contributed by atoms with Gasteiger partial charge < -0.3 is 19.3 Å². The molecule has 0 aliphatic carbocycles. The van der Waals surface area contributed by atoms with Crippen molar-refractivity contribution in [3.8, 4) is 17.2 Å². The Morgan fingerprint density at radius 2 is 1.57 bits per heavy atom. The summed E-state index contributed by atoms with van der Waals surface area (Å²) in [5, 5.41) is 9.09. The van der Waals surface area contributed by atoms with Crippen molar-refractivity contribution in [1.29, 1.82) is 0 Å². The Balaban J connectivity index is 2.10. The molecule has 0 heterocycles. The maximum atomic E-state index is 13.6. The Labute approximate surface area is 122 Å². The molecule has 2 aromatic carbocycles. The van der Waals surface area contributed by atoms with Crippen molar-refractivity contribution >= 4 is 0 Å². The van der Waals surface area contributed by atoms with Gasteiger partial charge in [0.1, 0.15) is 6.61 Å². The maximum absolute atomic E-state index is 13.6. The molecule has 0 bridgehead atoms. The summed E-state index contributed by atoms with van der Waals surface area (Å²) in [5.41, 5.74) is 1.41. The second-order valence-electron chi connectivity index (χ2n) is 4.40. The smallest absolute Gasteiger partial charge is 0.165 e. The number of hydrogen-bond acceptors (Lipinski definition) is 4. The predicted octanol–water partition coefficient (Wildman–Crippen LogP) is 2.91. The third-order valence-electron chi connectivity index (χ3n) is 3.02. The summed E-state index contributed by atoms with van der Waals surface area (Å²) in [6, 6.07) is 9.81. The molecule has 0 aromatic heterocycles. The molecule has 2 rings (SSSR count). The quantitative estimate of drug-likeness (QED) is 0.889. The summed E-state index contributed by atoms with van der Waals surface area (Å²) in [5.74, 6) is 0.825. The summed E-state index contributed by atoms with van der Waals surface area (Å²) >= 11 is 0. The summed E-state index contributed by atoms with van der Waals surface area (Å²) in [7, 11) is 2.94. The molecular formula is C16H17FO4. The van der Waals surface area contributed by atoms with Gasteiger partial charge in [0.25, 0.3) is 0 Å². The van der Waals surface area contributed by atoms with Gasteiger partial charge in [-0.3, -0.25) is 0 Å². The standard InChI is InChI=1S/C16H17FO4/c1-19-14-5-4-12(7-13(14)17)10-21-15-6-3-11(9-18)8-16(15)20-2/h3-8,18H,9-10H2,1-2H3. The molecule has 112 valence electrons. The van der Waals surface area contributed by atoms with Gasteiger partial charge in [0.15, 0.2) is 23.1 Å². The van der Waals surface area contributed by atoms with Crippen LogP contribution < -0.4 is 14.2 Å². The van der Waals surface area contributed by atoms with Gasteiger partial charge in [-0.1, -0.05) is 12.1 Å². The minimum absolute atomic E-state index is 0.0691. The van der Waals surface area contributed by atoms with E-state index in [0.29, 0.717) is 17.1 Å². The number of halogens is 1. The van der Waals surface area contributed by atoms with Gasteiger partial charge in [-0.05, 0) is 35.4 Å². The second kappa shape index (κ2) is 6.95. The van der Waals surface area contributed by atoms with Crippen molar-refractivity contribution in [2.24, 2.45) is 0 Å². The van der Waals surface area contributed by atoms with E-state index in [1.807, 2.05) is 0 Å². The van der Waals surface area contributed by atoms with Crippen LogP contribution in [0.3, 0.4) is 0 Å². The van der Waals surface area contributed by atoms with Crippen molar-refractivity contribution in [1.82, 2.24) is 0 Å². The number of aliphatic hydroxyl groups is 1. The van der Waals surface area contributed by atoms with Crippen LogP contribution in [0.4, 0.5) is 4.39 Å². The van der Waals surface area contributed by atoms with Crippen molar-refractivity contribution in [3.05, 3.63) is 53.3 Å². The fraction of sp³-hybridized carbons (Fsp3) is 0.250. The highest BCUT2D eigenvalue weighted by Gasteiger charge is 2.08. The minimum Gasteiger partial charge on any atom is -0.494 e. The van der Waals surface area contributed by atoms with E-state index in [0.717, 1.165) is 5.56 Å². The van der Waals surface area contributed by atoms with Gasteiger partial charge in [-0.15, -0.1) is 0 Å². The van der Waals surface area contributed by atoms with Crippen molar-refractivity contribution < 1.29 is 23.7 Å². The van der Waals surface area contributed by atoms with Gasteiger partial charge in [0, 0.05) is 0 Å². The highest BCUT2D eigenvalue weighted by Crippen LogP contribution is 2.29. The lowest BCUT2D eigenvalue weighted by molar-refractivity contribution is 0.274. The first kappa shape index (κ1) is 15.1. The first-order valence-electron chi connectivity index (χ1n) is 6.41. The van der Waals surface area contributed by atoms with Gasteiger partial charge in [-0.25, -0.2) is 4.39 Å². The largest absolute Gasteiger partial charge is 0.494 e. The lowest BCUT2D eigenvalue weighted by Crippen LogP contribution is -1.99. The van der Waals surface area contributed by atoms with Gasteiger partial charge >= 0.3 is 0 Å². The molecule has 0 radical (unpaired) electrons. The zero-order chi connectivity index (χ0) is 15.2.